The number of nitrogens with one attached hydrogen (secondary N) is 3. The first-order chi connectivity index (χ1) is 16.1. The van der Waals surface area contributed by atoms with Gasteiger partial charge in [0, 0.05) is 0 Å². The molecule has 1 aromatic heterocycles. The Hall–Kier alpha value is -1.22. The molecule has 33 heavy (non-hydrogen) atoms. The number of nitrogens with zero attached hydrogens (tertiary/aromatic N) is 3. The second-order valence-corrected chi connectivity index (χ2v) is 8.47. The number of ether oxygens (including phenoxy) is 1. The fourth-order valence-electron chi connectivity index (χ4n) is 3.69. The van der Waals surface area contributed by atoms with Gasteiger partial charge < -0.3 is 46.8 Å². The molecule has 12 nitrogen and oxygen atoms in total. The summed E-state index contributed by atoms with van der Waals surface area (Å²) in [4.78, 5) is 0. The van der Waals surface area contributed by atoms with E-state index in [0.717, 1.165) is 70.8 Å². The van der Waals surface area contributed by atoms with Gasteiger partial charge in [0.05, 0.1) is 18.5 Å². The third-order valence-electron chi connectivity index (χ3n) is 5.69. The Morgan fingerprint density at radius 2 is 1.45 bits per heavy atom. The number of aliphatic hydroxyl groups is 4. The van der Waals surface area contributed by atoms with E-state index in [1.165, 1.54) is 17.5 Å². The minimum Gasteiger partial charge on any atom is -0.394 e. The van der Waals surface area contributed by atoms with Gasteiger partial charge in [0.2, 0.25) is 0 Å². The number of aliphatic hydroxyl groups excluding tert-OH is 4. The molecule has 0 saturated carbocycles. The number of hydrogen-bond donors (Lipinski definition) is 8. The normalized spacial score (nSPS) is 25.5. The summed E-state index contributed by atoms with van der Waals surface area (Å²) in [5.74, 6) is 0. The van der Waals surface area contributed by atoms with Crippen molar-refractivity contribution in [3.63, 3.8) is 0 Å². The number of nitrogens with two attached hydrogens (primary N) is 1. The molecule has 0 aromatic carbocycles. The molecule has 0 aliphatic carbocycles. The summed E-state index contributed by atoms with van der Waals surface area (Å²) in [6.45, 7) is 6.19. The zero-order valence-corrected chi connectivity index (χ0v) is 19.5. The van der Waals surface area contributed by atoms with Crippen molar-refractivity contribution in [1.29, 1.82) is 0 Å². The average Bonchev–Trinajstić information content (AvgIpc) is 3.29. The fourth-order valence-corrected chi connectivity index (χ4v) is 3.69. The molecule has 0 spiro atoms. The molecule has 1 aliphatic rings. The maximum atomic E-state index is 10.2. The monoisotopic (exact) mass is 473 g/mol. The van der Waals surface area contributed by atoms with Crippen molar-refractivity contribution < 1.29 is 25.2 Å². The molecule has 0 unspecified atom stereocenters. The summed E-state index contributed by atoms with van der Waals surface area (Å²) < 4.78 is 6.81. The predicted octanol–water partition coefficient (Wildman–Crippen LogP) is -2.53. The summed E-state index contributed by atoms with van der Waals surface area (Å²) in [5.41, 5.74) is 6.20. The van der Waals surface area contributed by atoms with Crippen LogP contribution in [-0.2, 0) is 11.2 Å². The van der Waals surface area contributed by atoms with E-state index in [1.807, 2.05) is 0 Å². The summed E-state index contributed by atoms with van der Waals surface area (Å²) >= 11 is 0. The summed E-state index contributed by atoms with van der Waals surface area (Å²) in [6, 6.07) is 0. The lowest BCUT2D eigenvalue weighted by Crippen LogP contribution is -2.56. The van der Waals surface area contributed by atoms with Crippen LogP contribution in [0.15, 0.2) is 6.20 Å². The van der Waals surface area contributed by atoms with Crippen LogP contribution in [0, 0.1) is 0 Å². The first-order valence-electron chi connectivity index (χ1n) is 12.1. The minimum atomic E-state index is -1.43. The summed E-state index contributed by atoms with van der Waals surface area (Å²) in [5, 5.41) is 57.6. The van der Waals surface area contributed by atoms with Gasteiger partial charge in [-0.15, -0.1) is 5.10 Å². The van der Waals surface area contributed by atoms with Crippen molar-refractivity contribution in [1.82, 2.24) is 30.9 Å². The second kappa shape index (κ2) is 16.4. The number of unbranched alkanes of at least 4 members (excludes halogenated alkanes) is 1. The average molecular weight is 474 g/mol. The fraction of sp³-hybridized carbons (Fsp3) is 0.905. The molecule has 0 amide bonds. The number of aryl methyl sites for hydroxylation is 1. The molecule has 2 rings (SSSR count). The van der Waals surface area contributed by atoms with Crippen LogP contribution in [0.1, 0.15) is 44.0 Å². The van der Waals surface area contributed by atoms with E-state index in [1.54, 1.807) is 6.20 Å². The Morgan fingerprint density at radius 1 is 0.848 bits per heavy atom. The molecule has 1 aliphatic heterocycles. The van der Waals surface area contributed by atoms with Crippen LogP contribution in [-0.4, -0.2) is 112 Å². The van der Waals surface area contributed by atoms with Crippen molar-refractivity contribution in [2.45, 2.75) is 69.2 Å². The SMILES string of the molecule is NCCCNCCCCNCCCNCCCc1cn([C@@H]2O[C@H](CO)[C@H](O)[C@H](O)[C@H]2O)nn1. The van der Waals surface area contributed by atoms with E-state index in [0.29, 0.717) is 6.42 Å². The first kappa shape index (κ1) is 28.0. The standard InChI is InChI=1S/C21H43N7O5/c22-7-4-11-23-8-1-2-9-24-12-5-13-25-10-3-6-16-14-28(27-26-16)21-20(32)19(31)18(30)17(15-29)33-21/h14,17-21,23-25,29-32H,1-13,15,22H2/t17-,18+,19+,20-,21-/m1/s1. The van der Waals surface area contributed by atoms with Gasteiger partial charge in [0.25, 0.3) is 0 Å². The van der Waals surface area contributed by atoms with E-state index >= 15 is 0 Å². The van der Waals surface area contributed by atoms with Gasteiger partial charge in [-0.3, -0.25) is 0 Å². The topological polar surface area (TPSA) is 183 Å². The number of hydrogen-bond acceptors (Lipinski definition) is 11. The van der Waals surface area contributed by atoms with Crippen LogP contribution in [0.2, 0.25) is 0 Å². The minimum absolute atomic E-state index is 0.475. The molecule has 1 aromatic rings. The Kier molecular flexibility index (Phi) is 13.9. The zero-order valence-electron chi connectivity index (χ0n) is 19.5. The van der Waals surface area contributed by atoms with E-state index in [4.69, 9.17) is 10.5 Å². The van der Waals surface area contributed by atoms with Crippen molar-refractivity contribution >= 4 is 0 Å². The lowest BCUT2D eigenvalue weighted by molar-refractivity contribution is -0.254. The van der Waals surface area contributed by atoms with E-state index in [-0.39, 0.29) is 0 Å². The smallest absolute Gasteiger partial charge is 0.180 e. The summed E-state index contributed by atoms with van der Waals surface area (Å²) in [7, 11) is 0. The number of aromatic nitrogens is 3. The highest BCUT2D eigenvalue weighted by Crippen LogP contribution is 2.27. The van der Waals surface area contributed by atoms with Crippen LogP contribution < -0.4 is 21.7 Å². The molecule has 0 bridgehead atoms. The maximum Gasteiger partial charge on any atom is 0.180 e. The van der Waals surface area contributed by atoms with Gasteiger partial charge in [-0.2, -0.15) is 0 Å². The molecule has 1 saturated heterocycles. The van der Waals surface area contributed by atoms with Gasteiger partial charge >= 0.3 is 0 Å². The Morgan fingerprint density at radius 3 is 2.09 bits per heavy atom. The molecule has 0 radical (unpaired) electrons. The van der Waals surface area contributed by atoms with Crippen molar-refractivity contribution in [3.8, 4) is 0 Å². The highest BCUT2D eigenvalue weighted by molar-refractivity contribution is 4.96. The lowest BCUT2D eigenvalue weighted by atomic mass is 9.98. The molecule has 9 N–H and O–H groups in total. The zero-order chi connectivity index (χ0) is 23.9. The molecule has 192 valence electrons. The predicted molar refractivity (Wildman–Crippen MR) is 123 cm³/mol. The number of rotatable bonds is 18. The van der Waals surface area contributed by atoms with Gasteiger partial charge in [-0.1, -0.05) is 5.21 Å². The van der Waals surface area contributed by atoms with E-state index in [2.05, 4.69) is 26.3 Å². The second-order valence-electron chi connectivity index (χ2n) is 8.47. The third-order valence-corrected chi connectivity index (χ3v) is 5.69. The molecule has 1 fully saturated rings. The van der Waals surface area contributed by atoms with E-state index < -0.39 is 37.3 Å². The van der Waals surface area contributed by atoms with Crippen molar-refractivity contribution in [2.24, 2.45) is 5.73 Å². The van der Waals surface area contributed by atoms with Crippen molar-refractivity contribution in [2.75, 3.05) is 52.4 Å². The van der Waals surface area contributed by atoms with Crippen LogP contribution >= 0.6 is 0 Å². The highest BCUT2D eigenvalue weighted by Gasteiger charge is 2.44. The van der Waals surface area contributed by atoms with E-state index in [9.17, 15) is 20.4 Å². The highest BCUT2D eigenvalue weighted by atomic mass is 16.6. The maximum absolute atomic E-state index is 10.2. The molecular weight excluding hydrogens is 430 g/mol. The van der Waals surface area contributed by atoms with Crippen LogP contribution in [0.4, 0.5) is 0 Å². The molecular formula is C21H43N7O5. The largest absolute Gasteiger partial charge is 0.394 e. The Balaban J connectivity index is 1.49. The van der Waals surface area contributed by atoms with Crippen LogP contribution in [0.25, 0.3) is 0 Å². The van der Waals surface area contributed by atoms with Crippen molar-refractivity contribution in [3.05, 3.63) is 11.9 Å². The van der Waals surface area contributed by atoms with Gasteiger partial charge in [0.15, 0.2) is 6.23 Å². The van der Waals surface area contributed by atoms with Crippen LogP contribution in [0.5, 0.6) is 0 Å². The molecule has 5 atom stereocenters. The van der Waals surface area contributed by atoms with Gasteiger partial charge in [0.1, 0.15) is 24.4 Å². The molecule has 2 heterocycles. The third kappa shape index (κ3) is 9.89. The van der Waals surface area contributed by atoms with Gasteiger partial charge in [-0.25, -0.2) is 4.68 Å². The first-order valence-corrected chi connectivity index (χ1v) is 12.1. The quantitative estimate of drug-likeness (QED) is 0.105. The lowest BCUT2D eigenvalue weighted by Gasteiger charge is -2.39. The molecule has 12 heteroatoms. The summed E-state index contributed by atoms with van der Waals surface area (Å²) in [6.07, 6.45) is 1.53. The Bertz CT molecular complexity index is 622. The Labute approximate surface area is 195 Å². The van der Waals surface area contributed by atoms with Crippen LogP contribution in [0.3, 0.4) is 0 Å². The van der Waals surface area contributed by atoms with Gasteiger partial charge in [-0.05, 0) is 84.3 Å².